The number of benzene rings is 2. The maximum Gasteiger partial charge on any atom is 0.259 e. The smallest absolute Gasteiger partial charge is 0.259 e. The first-order chi connectivity index (χ1) is 9.70. The lowest BCUT2D eigenvalue weighted by Gasteiger charge is -2.17. The van der Waals surface area contributed by atoms with Crippen LogP contribution < -0.4 is 5.73 Å². The molecule has 3 heteroatoms. The van der Waals surface area contributed by atoms with Gasteiger partial charge >= 0.3 is 0 Å². The average Bonchev–Trinajstić information content (AvgIpc) is 2.74. The van der Waals surface area contributed by atoms with Crippen LogP contribution in [-0.4, -0.2) is 10.8 Å². The Kier molecular flexibility index (Phi) is 3.12. The van der Waals surface area contributed by atoms with Gasteiger partial charge in [-0.3, -0.25) is 4.79 Å². The van der Waals surface area contributed by atoms with Crippen LogP contribution in [-0.2, 0) is 13.1 Å². The fourth-order valence-electron chi connectivity index (χ4n) is 2.47. The summed E-state index contributed by atoms with van der Waals surface area (Å²) in [6.07, 6.45) is 0. The van der Waals surface area contributed by atoms with Crippen molar-refractivity contribution in [2.75, 3.05) is 0 Å². The second kappa shape index (κ2) is 4.94. The van der Waals surface area contributed by atoms with Crippen LogP contribution in [0.25, 0.3) is 5.70 Å². The van der Waals surface area contributed by atoms with Gasteiger partial charge in [0.1, 0.15) is 0 Å². The molecule has 3 rings (SSSR count). The molecule has 100 valence electrons. The number of fused-ring (bicyclic) bond motifs is 1. The summed E-state index contributed by atoms with van der Waals surface area (Å²) in [6.45, 7) is 5.11. The topological polar surface area (TPSA) is 46.3 Å². The van der Waals surface area contributed by atoms with E-state index in [4.69, 9.17) is 5.73 Å². The summed E-state index contributed by atoms with van der Waals surface area (Å²) < 4.78 is 0. The molecule has 3 nitrogen and oxygen atoms in total. The summed E-state index contributed by atoms with van der Waals surface area (Å²) >= 11 is 0. The van der Waals surface area contributed by atoms with E-state index in [-0.39, 0.29) is 5.91 Å². The summed E-state index contributed by atoms with van der Waals surface area (Å²) in [7, 11) is 0. The van der Waals surface area contributed by atoms with Gasteiger partial charge in [-0.2, -0.15) is 0 Å². The van der Waals surface area contributed by atoms with Gasteiger partial charge in [0.15, 0.2) is 0 Å². The van der Waals surface area contributed by atoms with Gasteiger partial charge in [-0.1, -0.05) is 49.0 Å². The van der Waals surface area contributed by atoms with E-state index in [0.29, 0.717) is 13.1 Å². The zero-order valence-corrected chi connectivity index (χ0v) is 11.2. The minimum absolute atomic E-state index is 0.0218. The SMILES string of the molecule is C=C1c2ccccc2C(=O)N1Cc1ccc(CN)cc1. The van der Waals surface area contributed by atoms with E-state index in [1.807, 2.05) is 48.5 Å². The van der Waals surface area contributed by atoms with Crippen LogP contribution in [0.3, 0.4) is 0 Å². The molecule has 0 spiro atoms. The van der Waals surface area contributed by atoms with E-state index in [9.17, 15) is 4.79 Å². The van der Waals surface area contributed by atoms with Gasteiger partial charge in [-0.05, 0) is 17.2 Å². The number of carbonyl (C=O) groups excluding carboxylic acids is 1. The number of amides is 1. The molecule has 2 aromatic carbocycles. The molecule has 0 saturated heterocycles. The molecule has 0 atom stereocenters. The van der Waals surface area contributed by atoms with Gasteiger partial charge < -0.3 is 10.6 Å². The molecule has 0 radical (unpaired) electrons. The Morgan fingerprint density at radius 2 is 1.55 bits per heavy atom. The lowest BCUT2D eigenvalue weighted by Crippen LogP contribution is -2.22. The highest BCUT2D eigenvalue weighted by Crippen LogP contribution is 2.32. The summed E-state index contributed by atoms with van der Waals surface area (Å²) in [5.74, 6) is 0.0218. The van der Waals surface area contributed by atoms with Crippen LogP contribution in [0.15, 0.2) is 55.1 Å². The number of carbonyl (C=O) groups is 1. The molecule has 0 unspecified atom stereocenters. The van der Waals surface area contributed by atoms with E-state index in [2.05, 4.69) is 6.58 Å². The normalized spacial score (nSPS) is 13.8. The summed E-state index contributed by atoms with van der Waals surface area (Å²) in [6, 6.07) is 15.6. The van der Waals surface area contributed by atoms with Crippen molar-refractivity contribution in [1.82, 2.24) is 4.90 Å². The van der Waals surface area contributed by atoms with Crippen molar-refractivity contribution in [2.24, 2.45) is 5.73 Å². The predicted molar refractivity (Wildman–Crippen MR) is 79.7 cm³/mol. The van der Waals surface area contributed by atoms with Crippen molar-refractivity contribution < 1.29 is 4.79 Å². The van der Waals surface area contributed by atoms with Gasteiger partial charge in [0.2, 0.25) is 0 Å². The number of hydrogen-bond donors (Lipinski definition) is 1. The average molecular weight is 264 g/mol. The first kappa shape index (κ1) is 12.6. The van der Waals surface area contributed by atoms with Crippen molar-refractivity contribution in [2.45, 2.75) is 13.1 Å². The molecule has 1 heterocycles. The van der Waals surface area contributed by atoms with Crippen LogP contribution in [0.5, 0.6) is 0 Å². The highest BCUT2D eigenvalue weighted by Gasteiger charge is 2.30. The van der Waals surface area contributed by atoms with Crippen LogP contribution in [0.4, 0.5) is 0 Å². The second-order valence-electron chi connectivity index (χ2n) is 4.90. The second-order valence-corrected chi connectivity index (χ2v) is 4.90. The van der Waals surface area contributed by atoms with Gasteiger partial charge in [-0.15, -0.1) is 0 Å². The monoisotopic (exact) mass is 264 g/mol. The number of hydrogen-bond acceptors (Lipinski definition) is 2. The standard InChI is InChI=1S/C17H16N2O/c1-12-15-4-2-3-5-16(15)17(20)19(12)11-14-8-6-13(10-18)7-9-14/h2-9H,1,10-11,18H2. The van der Waals surface area contributed by atoms with E-state index in [1.54, 1.807) is 4.90 Å². The van der Waals surface area contributed by atoms with Crippen molar-refractivity contribution in [1.29, 1.82) is 0 Å². The van der Waals surface area contributed by atoms with Crippen LogP contribution in [0.1, 0.15) is 27.0 Å². The Labute approximate surface area is 118 Å². The number of nitrogens with two attached hydrogens (primary N) is 1. The van der Waals surface area contributed by atoms with E-state index in [0.717, 1.165) is 28.0 Å². The van der Waals surface area contributed by atoms with Gasteiger partial charge in [-0.25, -0.2) is 0 Å². The molecule has 0 aromatic heterocycles. The van der Waals surface area contributed by atoms with Crippen molar-refractivity contribution in [3.8, 4) is 0 Å². The third-order valence-electron chi connectivity index (χ3n) is 3.64. The van der Waals surface area contributed by atoms with Gasteiger partial charge in [0.05, 0.1) is 6.54 Å². The van der Waals surface area contributed by atoms with E-state index < -0.39 is 0 Å². The molecule has 20 heavy (non-hydrogen) atoms. The van der Waals surface area contributed by atoms with Crippen molar-refractivity contribution in [3.05, 3.63) is 77.4 Å². The lowest BCUT2D eigenvalue weighted by atomic mass is 10.1. The fraction of sp³-hybridized carbons (Fsp3) is 0.118. The molecular formula is C17H16N2O. The summed E-state index contributed by atoms with van der Waals surface area (Å²) in [5.41, 5.74) is 10.2. The maximum atomic E-state index is 12.4. The molecule has 1 aliphatic rings. The molecule has 0 fully saturated rings. The molecular weight excluding hydrogens is 248 g/mol. The third-order valence-corrected chi connectivity index (χ3v) is 3.64. The molecule has 0 aliphatic carbocycles. The molecule has 0 saturated carbocycles. The Morgan fingerprint density at radius 3 is 2.15 bits per heavy atom. The predicted octanol–water partition coefficient (Wildman–Crippen LogP) is 2.77. The van der Waals surface area contributed by atoms with E-state index in [1.165, 1.54) is 0 Å². The quantitative estimate of drug-likeness (QED) is 0.926. The Bertz CT molecular complexity index is 639. The zero-order valence-electron chi connectivity index (χ0n) is 11.2. The molecule has 0 bridgehead atoms. The molecule has 2 N–H and O–H groups in total. The zero-order chi connectivity index (χ0) is 14.1. The van der Waals surface area contributed by atoms with Crippen LogP contribution >= 0.6 is 0 Å². The van der Waals surface area contributed by atoms with Crippen molar-refractivity contribution >= 4 is 11.6 Å². The minimum atomic E-state index is 0.0218. The van der Waals surface area contributed by atoms with Crippen LogP contribution in [0, 0.1) is 0 Å². The summed E-state index contributed by atoms with van der Waals surface area (Å²) in [5, 5.41) is 0. The summed E-state index contributed by atoms with van der Waals surface area (Å²) in [4.78, 5) is 14.1. The van der Waals surface area contributed by atoms with E-state index >= 15 is 0 Å². The minimum Gasteiger partial charge on any atom is -0.326 e. The Hall–Kier alpha value is -2.39. The third kappa shape index (κ3) is 2.02. The fourth-order valence-corrected chi connectivity index (χ4v) is 2.47. The van der Waals surface area contributed by atoms with Crippen molar-refractivity contribution in [3.63, 3.8) is 0 Å². The van der Waals surface area contributed by atoms with Gasteiger partial charge in [0, 0.05) is 23.4 Å². The van der Waals surface area contributed by atoms with Gasteiger partial charge in [0.25, 0.3) is 5.91 Å². The molecule has 1 aliphatic heterocycles. The largest absolute Gasteiger partial charge is 0.326 e. The Morgan fingerprint density at radius 1 is 0.950 bits per heavy atom. The first-order valence-corrected chi connectivity index (χ1v) is 6.59. The molecule has 1 amide bonds. The first-order valence-electron chi connectivity index (χ1n) is 6.59. The number of rotatable bonds is 3. The molecule has 2 aromatic rings. The van der Waals surface area contributed by atoms with Crippen LogP contribution in [0.2, 0.25) is 0 Å². The highest BCUT2D eigenvalue weighted by atomic mass is 16.2. The lowest BCUT2D eigenvalue weighted by molar-refractivity contribution is 0.0843. The highest BCUT2D eigenvalue weighted by molar-refractivity contribution is 6.08. The Balaban J connectivity index is 1.85. The maximum absolute atomic E-state index is 12.4. The number of nitrogens with zero attached hydrogens (tertiary/aromatic N) is 1.